The fourth-order valence-corrected chi connectivity index (χ4v) is 5.05. The number of esters is 1. The number of amides is 1. The van der Waals surface area contributed by atoms with Crippen molar-refractivity contribution in [3.63, 3.8) is 0 Å². The zero-order valence-electron chi connectivity index (χ0n) is 25.8. The smallest absolute Gasteiger partial charge is 0.410 e. The summed E-state index contributed by atoms with van der Waals surface area (Å²) in [5.41, 5.74) is 0.120. The maximum Gasteiger partial charge on any atom is 0.410 e. The molecule has 10 heteroatoms. The predicted molar refractivity (Wildman–Crippen MR) is 160 cm³/mol. The first-order chi connectivity index (χ1) is 20.8. The first kappa shape index (κ1) is 32.4. The molecular formula is C34H36F2N2O6. The van der Waals surface area contributed by atoms with E-state index in [0.29, 0.717) is 31.5 Å². The summed E-state index contributed by atoms with van der Waals surface area (Å²) >= 11 is 0. The number of hydrogen-bond donors (Lipinski definition) is 0. The van der Waals surface area contributed by atoms with Crippen LogP contribution in [0.2, 0.25) is 0 Å². The molecule has 1 aliphatic rings. The first-order valence-electron chi connectivity index (χ1n) is 14.3. The van der Waals surface area contributed by atoms with Gasteiger partial charge in [-0.15, -0.1) is 0 Å². The number of carbonyl (C=O) groups excluding carboxylic acids is 3. The SMILES string of the molecule is COC(=O)c1cn(C)c(C(=O)c2ccc(C#CCOC3CCN(C(=O)OC(C)(C)C)CC3)cc2)c1-c1c(F)ccc(F)c1C. The maximum atomic E-state index is 15.1. The van der Waals surface area contributed by atoms with E-state index in [1.807, 2.05) is 20.8 Å². The molecule has 0 radical (unpaired) electrons. The molecule has 1 aliphatic heterocycles. The average Bonchev–Trinajstić information content (AvgIpc) is 3.32. The van der Waals surface area contributed by atoms with Gasteiger partial charge in [0.25, 0.3) is 0 Å². The summed E-state index contributed by atoms with van der Waals surface area (Å²) in [7, 11) is 2.73. The van der Waals surface area contributed by atoms with Gasteiger partial charge in [-0.25, -0.2) is 18.4 Å². The summed E-state index contributed by atoms with van der Waals surface area (Å²) in [5, 5.41) is 0. The lowest BCUT2D eigenvalue weighted by molar-refractivity contribution is -0.00377. The zero-order valence-corrected chi connectivity index (χ0v) is 25.8. The second-order valence-electron chi connectivity index (χ2n) is 11.6. The summed E-state index contributed by atoms with van der Waals surface area (Å²) in [6.45, 7) is 8.22. The largest absolute Gasteiger partial charge is 0.465 e. The third-order valence-electron chi connectivity index (χ3n) is 7.26. The van der Waals surface area contributed by atoms with Gasteiger partial charge in [-0.3, -0.25) is 4.79 Å². The summed E-state index contributed by atoms with van der Waals surface area (Å²) < 4.78 is 47.1. The molecule has 2 heterocycles. The molecule has 0 unspecified atom stereocenters. The number of benzene rings is 2. The van der Waals surface area contributed by atoms with Crippen LogP contribution in [0.3, 0.4) is 0 Å². The third-order valence-corrected chi connectivity index (χ3v) is 7.26. The van der Waals surface area contributed by atoms with Crippen molar-refractivity contribution < 1.29 is 37.4 Å². The Labute approximate surface area is 255 Å². The Morgan fingerprint density at radius 2 is 1.61 bits per heavy atom. The van der Waals surface area contributed by atoms with Gasteiger partial charge in [0.15, 0.2) is 0 Å². The van der Waals surface area contributed by atoms with E-state index in [0.717, 1.165) is 12.1 Å². The minimum atomic E-state index is -0.779. The zero-order chi connectivity index (χ0) is 32.2. The molecule has 232 valence electrons. The molecule has 0 saturated carbocycles. The predicted octanol–water partition coefficient (Wildman–Crippen LogP) is 6.06. The molecule has 2 aromatic carbocycles. The Kier molecular flexibility index (Phi) is 9.90. The molecule has 4 rings (SSSR count). The molecular weight excluding hydrogens is 570 g/mol. The molecule has 0 spiro atoms. The van der Waals surface area contributed by atoms with Crippen molar-refractivity contribution in [1.82, 2.24) is 9.47 Å². The average molecular weight is 607 g/mol. The summed E-state index contributed by atoms with van der Waals surface area (Å²) in [4.78, 5) is 40.2. The van der Waals surface area contributed by atoms with Gasteiger partial charge in [0.1, 0.15) is 23.8 Å². The fraction of sp³-hybridized carbons (Fsp3) is 0.382. The van der Waals surface area contributed by atoms with E-state index in [1.54, 1.807) is 36.2 Å². The van der Waals surface area contributed by atoms with Gasteiger partial charge >= 0.3 is 12.1 Å². The van der Waals surface area contributed by atoms with E-state index < -0.39 is 29.0 Å². The molecule has 3 aromatic rings. The van der Waals surface area contributed by atoms with Gasteiger partial charge in [-0.05, 0) is 82.5 Å². The van der Waals surface area contributed by atoms with Crippen molar-refractivity contribution in [2.24, 2.45) is 7.05 Å². The lowest BCUT2D eigenvalue weighted by atomic mass is 9.93. The highest BCUT2D eigenvalue weighted by molar-refractivity contribution is 6.15. The molecule has 44 heavy (non-hydrogen) atoms. The quantitative estimate of drug-likeness (QED) is 0.193. The molecule has 8 nitrogen and oxygen atoms in total. The number of ether oxygens (including phenoxy) is 3. The van der Waals surface area contributed by atoms with Crippen LogP contribution in [-0.2, 0) is 21.3 Å². The Bertz CT molecular complexity index is 1620. The van der Waals surface area contributed by atoms with Crippen molar-refractivity contribution in [3.8, 4) is 23.0 Å². The second-order valence-corrected chi connectivity index (χ2v) is 11.6. The van der Waals surface area contributed by atoms with Crippen molar-refractivity contribution in [1.29, 1.82) is 0 Å². The number of aryl methyl sites for hydroxylation is 1. The summed E-state index contributed by atoms with van der Waals surface area (Å²) in [5.74, 6) is 3.29. The van der Waals surface area contributed by atoms with E-state index in [4.69, 9.17) is 14.2 Å². The van der Waals surface area contributed by atoms with Crippen LogP contribution in [0.1, 0.15) is 71.1 Å². The van der Waals surface area contributed by atoms with Crippen LogP contribution in [0.4, 0.5) is 13.6 Å². The highest BCUT2D eigenvalue weighted by Crippen LogP contribution is 2.36. The van der Waals surface area contributed by atoms with Gasteiger partial charge in [0.2, 0.25) is 5.78 Å². The number of halogens is 2. The number of carbonyl (C=O) groups is 3. The van der Waals surface area contributed by atoms with Crippen molar-refractivity contribution in [2.75, 3.05) is 26.8 Å². The van der Waals surface area contributed by atoms with Crippen LogP contribution in [0.25, 0.3) is 11.1 Å². The van der Waals surface area contributed by atoms with Gasteiger partial charge in [-0.2, -0.15) is 0 Å². The summed E-state index contributed by atoms with van der Waals surface area (Å²) in [6, 6.07) is 8.49. The maximum absolute atomic E-state index is 15.1. The number of methoxy groups -OCH3 is 1. The number of likely N-dealkylation sites (tertiary alicyclic amines) is 1. The molecule has 1 saturated heterocycles. The highest BCUT2D eigenvalue weighted by atomic mass is 19.1. The van der Waals surface area contributed by atoms with Crippen LogP contribution in [0.15, 0.2) is 42.6 Å². The molecule has 1 amide bonds. The van der Waals surface area contributed by atoms with E-state index in [2.05, 4.69) is 11.8 Å². The minimum absolute atomic E-state index is 0.0103. The number of nitrogens with zero attached hydrogens (tertiary/aromatic N) is 2. The molecule has 0 aliphatic carbocycles. The second kappa shape index (κ2) is 13.4. The number of ketones is 1. The summed E-state index contributed by atoms with van der Waals surface area (Å²) in [6.07, 6.45) is 2.43. The van der Waals surface area contributed by atoms with Gasteiger partial charge < -0.3 is 23.7 Å². The van der Waals surface area contributed by atoms with E-state index >= 15 is 4.39 Å². The Balaban J connectivity index is 1.45. The van der Waals surface area contributed by atoms with Crippen LogP contribution in [0, 0.1) is 30.4 Å². The van der Waals surface area contributed by atoms with Crippen LogP contribution in [-0.4, -0.2) is 65.8 Å². The van der Waals surface area contributed by atoms with Crippen LogP contribution >= 0.6 is 0 Å². The third kappa shape index (κ3) is 7.34. The lowest BCUT2D eigenvalue weighted by Crippen LogP contribution is -2.43. The Morgan fingerprint density at radius 3 is 2.23 bits per heavy atom. The number of aromatic nitrogens is 1. The van der Waals surface area contributed by atoms with E-state index in [9.17, 15) is 18.8 Å². The fourth-order valence-electron chi connectivity index (χ4n) is 5.05. The molecule has 1 aromatic heterocycles. The molecule has 0 N–H and O–H groups in total. The molecule has 0 bridgehead atoms. The monoisotopic (exact) mass is 606 g/mol. The minimum Gasteiger partial charge on any atom is -0.465 e. The first-order valence-corrected chi connectivity index (χ1v) is 14.3. The van der Waals surface area contributed by atoms with E-state index in [-0.39, 0.29) is 52.3 Å². The molecule has 1 fully saturated rings. The van der Waals surface area contributed by atoms with Gasteiger partial charge in [-0.1, -0.05) is 11.8 Å². The Hall–Kier alpha value is -4.49. The molecule has 0 atom stereocenters. The van der Waals surface area contributed by atoms with Crippen molar-refractivity contribution >= 4 is 17.8 Å². The van der Waals surface area contributed by atoms with Crippen LogP contribution in [0.5, 0.6) is 0 Å². The number of rotatable bonds is 6. The highest BCUT2D eigenvalue weighted by Gasteiger charge is 2.30. The normalized spacial score (nSPS) is 13.7. The number of piperidine rings is 1. The van der Waals surface area contributed by atoms with Crippen molar-refractivity contribution in [3.05, 3.63) is 82.2 Å². The standard InChI is InChI=1S/C34H36F2N2O6/c1-21-26(35)13-14-27(36)28(21)29-25(32(40)42-6)20-37(5)30(29)31(39)23-11-9-22(10-12-23)8-7-19-43-24-15-17-38(18-16-24)33(41)44-34(2,3)4/h9-14,20,24H,15-19H2,1-6H3. The van der Waals surface area contributed by atoms with E-state index in [1.165, 1.54) is 24.8 Å². The Morgan fingerprint density at radius 1 is 0.977 bits per heavy atom. The van der Waals surface area contributed by atoms with Crippen molar-refractivity contribution in [2.45, 2.75) is 52.2 Å². The van der Waals surface area contributed by atoms with Gasteiger partial charge in [0.05, 0.1) is 24.5 Å². The topological polar surface area (TPSA) is 87.1 Å². The van der Waals surface area contributed by atoms with Gasteiger partial charge in [0, 0.05) is 48.6 Å². The van der Waals surface area contributed by atoms with Crippen LogP contribution < -0.4 is 0 Å². The lowest BCUT2D eigenvalue weighted by Gasteiger charge is -2.33. The number of hydrogen-bond acceptors (Lipinski definition) is 6.